The first-order valence-corrected chi connectivity index (χ1v) is 6.09. The zero-order valence-corrected chi connectivity index (χ0v) is 11.0. The molecule has 0 amide bonds. The third-order valence-electron chi connectivity index (χ3n) is 3.90. The van der Waals surface area contributed by atoms with Crippen molar-refractivity contribution in [2.75, 3.05) is 0 Å². The van der Waals surface area contributed by atoms with Gasteiger partial charge in [0.1, 0.15) is 0 Å². The van der Waals surface area contributed by atoms with Gasteiger partial charge in [-0.3, -0.25) is 4.99 Å². The lowest BCUT2D eigenvalue weighted by Gasteiger charge is -2.32. The summed E-state index contributed by atoms with van der Waals surface area (Å²) < 4.78 is 12.0. The van der Waals surface area contributed by atoms with Crippen molar-refractivity contribution in [2.24, 2.45) is 15.2 Å². The molecule has 18 heavy (non-hydrogen) atoms. The van der Waals surface area contributed by atoms with E-state index in [4.69, 9.17) is 9.31 Å². The normalized spacial score (nSPS) is 31.3. The molecule has 0 N–H and O–H groups in total. The van der Waals surface area contributed by atoms with Crippen LogP contribution >= 0.6 is 0 Å². The molecule has 5 nitrogen and oxygen atoms in total. The quantitative estimate of drug-likeness (QED) is 0.665. The van der Waals surface area contributed by atoms with Crippen LogP contribution in [0.2, 0.25) is 0 Å². The van der Waals surface area contributed by atoms with Gasteiger partial charge in [0.25, 0.3) is 0 Å². The van der Waals surface area contributed by atoms with E-state index in [0.29, 0.717) is 0 Å². The van der Waals surface area contributed by atoms with Gasteiger partial charge in [-0.15, -0.1) is 0 Å². The average molecular weight is 245 g/mol. The Balaban J connectivity index is 1.85. The predicted octanol–water partition coefficient (Wildman–Crippen LogP) is 2.30. The highest BCUT2D eigenvalue weighted by Gasteiger charge is 2.52. The molecule has 1 atom stereocenters. The maximum absolute atomic E-state index is 5.98. The monoisotopic (exact) mass is 245 g/mol. The van der Waals surface area contributed by atoms with Crippen molar-refractivity contribution in [3.8, 4) is 0 Å². The molecule has 0 unspecified atom stereocenters. The summed E-state index contributed by atoms with van der Waals surface area (Å²) in [4.78, 5) is 4.33. The highest BCUT2D eigenvalue weighted by Crippen LogP contribution is 2.39. The SMILES string of the molecule is CC1(C)OB(C2=CC3=CN=N[C@@H]3N=C2)OC1(C)C. The second-order valence-corrected chi connectivity index (χ2v) is 5.74. The number of nitrogens with zero attached hydrogens (tertiary/aromatic N) is 3. The fraction of sp³-hybridized carbons (Fsp3) is 0.583. The van der Waals surface area contributed by atoms with E-state index in [2.05, 4.69) is 15.2 Å². The third-order valence-corrected chi connectivity index (χ3v) is 3.90. The molecule has 3 aliphatic heterocycles. The lowest BCUT2D eigenvalue weighted by molar-refractivity contribution is 0.00578. The molecule has 0 aliphatic carbocycles. The minimum Gasteiger partial charge on any atom is -0.399 e. The van der Waals surface area contributed by atoms with Crippen molar-refractivity contribution in [3.63, 3.8) is 0 Å². The van der Waals surface area contributed by atoms with Crippen molar-refractivity contribution in [3.05, 3.63) is 23.3 Å². The van der Waals surface area contributed by atoms with Crippen LogP contribution in [0.4, 0.5) is 0 Å². The van der Waals surface area contributed by atoms with E-state index in [-0.39, 0.29) is 24.5 Å². The number of rotatable bonds is 1. The van der Waals surface area contributed by atoms with E-state index in [1.807, 2.05) is 33.8 Å². The van der Waals surface area contributed by atoms with Crippen LogP contribution in [0.3, 0.4) is 0 Å². The maximum atomic E-state index is 5.98. The first kappa shape index (κ1) is 11.8. The number of allylic oxidation sites excluding steroid dienone is 1. The third kappa shape index (κ3) is 1.68. The molecule has 0 bridgehead atoms. The lowest BCUT2D eigenvalue weighted by Crippen LogP contribution is -2.41. The van der Waals surface area contributed by atoms with Crippen LogP contribution in [0.15, 0.2) is 38.5 Å². The fourth-order valence-electron chi connectivity index (χ4n) is 2.02. The van der Waals surface area contributed by atoms with Gasteiger partial charge in [0, 0.05) is 17.3 Å². The molecular weight excluding hydrogens is 229 g/mol. The summed E-state index contributed by atoms with van der Waals surface area (Å²) in [5.41, 5.74) is 1.25. The number of hydrogen-bond donors (Lipinski definition) is 0. The molecule has 0 aromatic rings. The molecule has 6 heteroatoms. The van der Waals surface area contributed by atoms with Crippen LogP contribution in [-0.2, 0) is 9.31 Å². The molecule has 3 aliphatic rings. The topological polar surface area (TPSA) is 55.5 Å². The number of azo groups is 1. The summed E-state index contributed by atoms with van der Waals surface area (Å²) >= 11 is 0. The van der Waals surface area contributed by atoms with Crippen LogP contribution < -0.4 is 0 Å². The van der Waals surface area contributed by atoms with Crippen LogP contribution in [0.1, 0.15) is 27.7 Å². The van der Waals surface area contributed by atoms with Gasteiger partial charge in [-0.1, -0.05) is 6.08 Å². The number of fused-ring (bicyclic) bond motifs is 1. The minimum absolute atomic E-state index is 0.170. The van der Waals surface area contributed by atoms with E-state index in [1.54, 1.807) is 12.4 Å². The summed E-state index contributed by atoms with van der Waals surface area (Å²) in [5.74, 6) is 0. The van der Waals surface area contributed by atoms with Gasteiger partial charge < -0.3 is 9.31 Å². The Bertz CT molecular complexity index is 489. The number of hydrogen-bond acceptors (Lipinski definition) is 5. The maximum Gasteiger partial charge on any atom is 0.496 e. The van der Waals surface area contributed by atoms with Gasteiger partial charge in [0.05, 0.1) is 17.4 Å². The van der Waals surface area contributed by atoms with Gasteiger partial charge in [0.15, 0.2) is 6.17 Å². The van der Waals surface area contributed by atoms with Crippen molar-refractivity contribution >= 4 is 13.3 Å². The lowest BCUT2D eigenvalue weighted by atomic mass is 9.77. The standard InChI is InChI=1S/C12H16BN3O2/c1-11(2)12(3,4)18-13(17-11)9-5-8-6-15-16-10(8)14-7-9/h5-7,10H,1-4H3/t10-/m0/s1. The summed E-state index contributed by atoms with van der Waals surface area (Å²) in [7, 11) is -0.374. The molecule has 0 aromatic carbocycles. The molecule has 0 spiro atoms. The van der Waals surface area contributed by atoms with E-state index in [0.717, 1.165) is 11.0 Å². The second-order valence-electron chi connectivity index (χ2n) is 5.74. The van der Waals surface area contributed by atoms with E-state index in [1.165, 1.54) is 0 Å². The molecule has 94 valence electrons. The van der Waals surface area contributed by atoms with Gasteiger partial charge in [-0.25, -0.2) is 0 Å². The Morgan fingerprint density at radius 1 is 1.17 bits per heavy atom. The van der Waals surface area contributed by atoms with Crippen molar-refractivity contribution < 1.29 is 9.31 Å². The van der Waals surface area contributed by atoms with Crippen LogP contribution in [0.5, 0.6) is 0 Å². The largest absolute Gasteiger partial charge is 0.496 e. The average Bonchev–Trinajstić information content (AvgIpc) is 2.80. The molecule has 0 radical (unpaired) electrons. The Morgan fingerprint density at radius 3 is 2.50 bits per heavy atom. The van der Waals surface area contributed by atoms with E-state index >= 15 is 0 Å². The zero-order chi connectivity index (χ0) is 13.0. The van der Waals surface area contributed by atoms with Crippen LogP contribution in [-0.4, -0.2) is 30.7 Å². The van der Waals surface area contributed by atoms with Gasteiger partial charge >= 0.3 is 7.12 Å². The highest BCUT2D eigenvalue weighted by molar-refractivity contribution is 6.60. The molecule has 0 aromatic heterocycles. The minimum atomic E-state index is -0.374. The molecule has 3 rings (SSSR count). The van der Waals surface area contributed by atoms with Gasteiger partial charge in [-0.05, 0) is 27.7 Å². The zero-order valence-electron chi connectivity index (χ0n) is 11.0. The Kier molecular flexibility index (Phi) is 2.37. The Hall–Kier alpha value is -1.27. The van der Waals surface area contributed by atoms with Crippen LogP contribution in [0.25, 0.3) is 0 Å². The first-order valence-electron chi connectivity index (χ1n) is 6.09. The highest BCUT2D eigenvalue weighted by atomic mass is 16.7. The molecule has 1 fully saturated rings. The Labute approximate surface area is 107 Å². The predicted molar refractivity (Wildman–Crippen MR) is 69.4 cm³/mol. The molecular formula is C12H16BN3O2. The van der Waals surface area contributed by atoms with Gasteiger partial charge in [0.2, 0.25) is 0 Å². The van der Waals surface area contributed by atoms with Crippen molar-refractivity contribution in [2.45, 2.75) is 45.1 Å². The summed E-state index contributed by atoms with van der Waals surface area (Å²) in [6.07, 6.45) is 5.33. The summed E-state index contributed by atoms with van der Waals surface area (Å²) in [5, 5.41) is 7.85. The summed E-state index contributed by atoms with van der Waals surface area (Å²) in [6.45, 7) is 8.15. The van der Waals surface area contributed by atoms with E-state index < -0.39 is 0 Å². The Morgan fingerprint density at radius 2 is 1.83 bits per heavy atom. The van der Waals surface area contributed by atoms with Crippen LogP contribution in [0, 0.1) is 0 Å². The van der Waals surface area contributed by atoms with E-state index in [9.17, 15) is 0 Å². The number of aliphatic imine (C=N–C) groups is 1. The molecule has 1 saturated heterocycles. The molecule has 0 saturated carbocycles. The first-order chi connectivity index (χ1) is 8.39. The summed E-state index contributed by atoms with van der Waals surface area (Å²) in [6, 6.07) is 0. The second kappa shape index (κ2) is 3.62. The van der Waals surface area contributed by atoms with Crippen molar-refractivity contribution in [1.29, 1.82) is 0 Å². The molecule has 3 heterocycles. The van der Waals surface area contributed by atoms with Gasteiger partial charge in [-0.2, -0.15) is 10.2 Å². The number of dihydropyridines is 1. The smallest absolute Gasteiger partial charge is 0.399 e. The van der Waals surface area contributed by atoms with Crippen molar-refractivity contribution in [1.82, 2.24) is 0 Å². The fourth-order valence-corrected chi connectivity index (χ4v) is 2.02.